The lowest BCUT2D eigenvalue weighted by atomic mass is 10.1. The van der Waals surface area contributed by atoms with Gasteiger partial charge in [0.1, 0.15) is 0 Å². The van der Waals surface area contributed by atoms with E-state index in [1.165, 1.54) is 0 Å². The Hall–Kier alpha value is -0.220. The summed E-state index contributed by atoms with van der Waals surface area (Å²) in [7, 11) is 0. The normalized spacial score (nSPS) is 13.9. The summed E-state index contributed by atoms with van der Waals surface area (Å²) in [5.41, 5.74) is 5.50. The predicted octanol–water partition coefficient (Wildman–Crippen LogP) is 0.981. The van der Waals surface area contributed by atoms with Crippen LogP contribution in [0.4, 0.5) is 0 Å². The van der Waals surface area contributed by atoms with Crippen LogP contribution in [0.3, 0.4) is 0 Å². The summed E-state index contributed by atoms with van der Waals surface area (Å²) < 4.78 is 0. The first-order valence-electron chi connectivity index (χ1n) is 4.43. The van der Waals surface area contributed by atoms with E-state index in [2.05, 4.69) is 5.32 Å². The van der Waals surface area contributed by atoms with Crippen LogP contribution in [-0.4, -0.2) is 29.5 Å². The molecule has 0 fully saturated rings. The van der Waals surface area contributed by atoms with Gasteiger partial charge >= 0.3 is 0 Å². The zero-order valence-corrected chi connectivity index (χ0v) is 9.70. The summed E-state index contributed by atoms with van der Waals surface area (Å²) in [6.45, 7) is 5.85. The van der Waals surface area contributed by atoms with Gasteiger partial charge in [0.25, 0.3) is 0 Å². The van der Waals surface area contributed by atoms with Crippen molar-refractivity contribution in [3.63, 3.8) is 0 Å². The highest BCUT2D eigenvalue weighted by Gasteiger charge is 2.18. The van der Waals surface area contributed by atoms with Crippen LogP contribution in [0.1, 0.15) is 27.2 Å². The minimum Gasteiger partial charge on any atom is -0.350 e. The molecule has 0 bridgehead atoms. The van der Waals surface area contributed by atoms with Gasteiger partial charge in [-0.1, -0.05) is 0 Å². The fourth-order valence-corrected chi connectivity index (χ4v) is 1.33. The highest BCUT2D eigenvalue weighted by Crippen LogP contribution is 2.02. The van der Waals surface area contributed by atoms with Gasteiger partial charge in [-0.15, -0.1) is 0 Å². The molecule has 0 rings (SSSR count). The van der Waals surface area contributed by atoms with Gasteiger partial charge in [0.15, 0.2) is 0 Å². The van der Waals surface area contributed by atoms with Crippen molar-refractivity contribution in [2.75, 3.05) is 12.0 Å². The Morgan fingerprint density at radius 1 is 1.54 bits per heavy atom. The van der Waals surface area contributed by atoms with Gasteiger partial charge in [-0.3, -0.25) is 4.79 Å². The lowest BCUT2D eigenvalue weighted by molar-refractivity contribution is -0.123. The molecule has 0 radical (unpaired) electrons. The average molecular weight is 204 g/mol. The number of nitrogens with two attached hydrogens (primary N) is 1. The fourth-order valence-electron chi connectivity index (χ4n) is 0.838. The van der Waals surface area contributed by atoms with Crippen LogP contribution in [0.5, 0.6) is 0 Å². The molecule has 0 aliphatic carbocycles. The van der Waals surface area contributed by atoms with Crippen molar-refractivity contribution >= 4 is 17.7 Å². The van der Waals surface area contributed by atoms with E-state index in [4.69, 9.17) is 5.73 Å². The van der Waals surface area contributed by atoms with Crippen molar-refractivity contribution in [3.8, 4) is 0 Å². The van der Waals surface area contributed by atoms with E-state index in [1.54, 1.807) is 11.8 Å². The first-order valence-corrected chi connectivity index (χ1v) is 5.83. The summed E-state index contributed by atoms with van der Waals surface area (Å²) >= 11 is 1.71. The Kier molecular flexibility index (Phi) is 5.40. The van der Waals surface area contributed by atoms with Crippen molar-refractivity contribution in [1.29, 1.82) is 0 Å². The van der Waals surface area contributed by atoms with E-state index in [-0.39, 0.29) is 17.5 Å². The zero-order chi connectivity index (χ0) is 10.5. The Morgan fingerprint density at radius 2 is 2.08 bits per heavy atom. The van der Waals surface area contributed by atoms with Gasteiger partial charge in [-0.25, -0.2) is 0 Å². The summed E-state index contributed by atoms with van der Waals surface area (Å²) in [6.07, 6.45) is 2.75. The number of hydrogen-bond acceptors (Lipinski definition) is 3. The molecule has 0 saturated heterocycles. The first-order chi connectivity index (χ1) is 5.87. The SMILES string of the molecule is CSCC[C@H](N)C(=O)NC(C)(C)C. The second-order valence-corrected chi connectivity index (χ2v) is 5.11. The molecule has 0 spiro atoms. The topological polar surface area (TPSA) is 55.1 Å². The second kappa shape index (κ2) is 5.50. The number of nitrogens with one attached hydrogen (secondary N) is 1. The van der Waals surface area contributed by atoms with Crippen LogP contribution in [0, 0.1) is 0 Å². The maximum Gasteiger partial charge on any atom is 0.237 e. The molecule has 3 N–H and O–H groups in total. The van der Waals surface area contributed by atoms with Gasteiger partial charge in [0.2, 0.25) is 5.91 Å². The maximum atomic E-state index is 11.4. The Balaban J connectivity index is 3.83. The van der Waals surface area contributed by atoms with Gasteiger partial charge in [-0.2, -0.15) is 11.8 Å². The van der Waals surface area contributed by atoms with Crippen molar-refractivity contribution in [3.05, 3.63) is 0 Å². The minimum atomic E-state index is -0.369. The number of carbonyl (C=O) groups is 1. The zero-order valence-electron chi connectivity index (χ0n) is 8.89. The van der Waals surface area contributed by atoms with Crippen molar-refractivity contribution in [2.45, 2.75) is 38.8 Å². The maximum absolute atomic E-state index is 11.4. The molecule has 0 saturated carbocycles. The molecular formula is C9H20N2OS. The van der Waals surface area contributed by atoms with Crippen molar-refractivity contribution in [2.24, 2.45) is 5.73 Å². The number of carbonyl (C=O) groups excluding carboxylic acids is 1. The van der Waals surface area contributed by atoms with Gasteiger partial charge in [-0.05, 0) is 39.2 Å². The third-order valence-electron chi connectivity index (χ3n) is 1.47. The lowest BCUT2D eigenvalue weighted by Crippen LogP contribution is -2.49. The third-order valence-corrected chi connectivity index (χ3v) is 2.11. The first kappa shape index (κ1) is 12.8. The van der Waals surface area contributed by atoms with Crippen LogP contribution < -0.4 is 11.1 Å². The molecule has 13 heavy (non-hydrogen) atoms. The second-order valence-electron chi connectivity index (χ2n) is 4.13. The lowest BCUT2D eigenvalue weighted by Gasteiger charge is -2.23. The number of thioether (sulfide) groups is 1. The molecule has 78 valence electrons. The van der Waals surface area contributed by atoms with Gasteiger partial charge < -0.3 is 11.1 Å². The standard InChI is InChI=1S/C9H20N2OS/c1-9(2,3)11-8(12)7(10)5-6-13-4/h7H,5-6,10H2,1-4H3,(H,11,12)/t7-/m0/s1. The van der Waals surface area contributed by atoms with Gasteiger partial charge in [0, 0.05) is 5.54 Å². The van der Waals surface area contributed by atoms with Crippen LogP contribution in [-0.2, 0) is 4.79 Å². The summed E-state index contributed by atoms with van der Waals surface area (Å²) in [5.74, 6) is 0.875. The largest absolute Gasteiger partial charge is 0.350 e. The quantitative estimate of drug-likeness (QED) is 0.718. The van der Waals surface area contributed by atoms with E-state index in [1.807, 2.05) is 27.0 Å². The molecule has 1 atom stereocenters. The monoisotopic (exact) mass is 204 g/mol. The molecule has 0 heterocycles. The molecule has 0 aromatic rings. The number of rotatable bonds is 4. The summed E-state index contributed by atoms with van der Waals surface area (Å²) in [6, 6.07) is -0.369. The third kappa shape index (κ3) is 6.90. The van der Waals surface area contributed by atoms with E-state index in [9.17, 15) is 4.79 Å². The van der Waals surface area contributed by atoms with E-state index in [0.717, 1.165) is 12.2 Å². The summed E-state index contributed by atoms with van der Waals surface area (Å²) in [5, 5.41) is 2.85. The van der Waals surface area contributed by atoms with Crippen molar-refractivity contribution in [1.82, 2.24) is 5.32 Å². The van der Waals surface area contributed by atoms with Crippen LogP contribution in [0.15, 0.2) is 0 Å². The molecule has 0 unspecified atom stereocenters. The Bertz CT molecular complexity index is 165. The van der Waals surface area contributed by atoms with Crippen molar-refractivity contribution < 1.29 is 4.79 Å². The van der Waals surface area contributed by atoms with E-state index >= 15 is 0 Å². The van der Waals surface area contributed by atoms with Gasteiger partial charge in [0.05, 0.1) is 6.04 Å². The molecule has 1 amide bonds. The minimum absolute atomic E-state index is 0.0541. The molecule has 0 aliphatic heterocycles. The highest BCUT2D eigenvalue weighted by molar-refractivity contribution is 7.98. The fraction of sp³-hybridized carbons (Fsp3) is 0.889. The van der Waals surface area contributed by atoms with E-state index < -0.39 is 0 Å². The predicted molar refractivity (Wildman–Crippen MR) is 58.9 cm³/mol. The van der Waals surface area contributed by atoms with E-state index in [0.29, 0.717) is 0 Å². The number of hydrogen-bond donors (Lipinski definition) is 2. The summed E-state index contributed by atoms with van der Waals surface area (Å²) in [4.78, 5) is 11.4. The molecule has 0 aromatic heterocycles. The average Bonchev–Trinajstić information content (AvgIpc) is 1.96. The molecular weight excluding hydrogens is 184 g/mol. The smallest absolute Gasteiger partial charge is 0.237 e. The molecule has 3 nitrogen and oxygen atoms in total. The molecule has 4 heteroatoms. The van der Waals surface area contributed by atoms with Crippen LogP contribution in [0.2, 0.25) is 0 Å². The Labute approximate surface area is 84.8 Å². The molecule has 0 aromatic carbocycles. The van der Waals surface area contributed by atoms with Crippen LogP contribution >= 0.6 is 11.8 Å². The number of amides is 1. The van der Waals surface area contributed by atoms with Crippen LogP contribution in [0.25, 0.3) is 0 Å². The Morgan fingerprint density at radius 3 is 2.46 bits per heavy atom. The molecule has 0 aliphatic rings. The highest BCUT2D eigenvalue weighted by atomic mass is 32.2.